The molecule has 17 heavy (non-hydrogen) atoms. The molecule has 0 radical (unpaired) electrons. The summed E-state index contributed by atoms with van der Waals surface area (Å²) in [6.07, 6.45) is 2.42. The van der Waals surface area contributed by atoms with Gasteiger partial charge in [-0.05, 0) is 45.7 Å². The van der Waals surface area contributed by atoms with Crippen LogP contribution in [0.15, 0.2) is 0 Å². The Morgan fingerprint density at radius 1 is 1.35 bits per heavy atom. The van der Waals surface area contributed by atoms with Crippen molar-refractivity contribution in [3.05, 3.63) is 0 Å². The van der Waals surface area contributed by atoms with Gasteiger partial charge in [0.1, 0.15) is 0 Å². The third-order valence-corrected chi connectivity index (χ3v) is 6.34. The highest BCUT2D eigenvalue weighted by atomic mass is 32.2. The third-order valence-electron chi connectivity index (χ3n) is 4.15. The van der Waals surface area contributed by atoms with Crippen molar-refractivity contribution in [1.82, 2.24) is 10.2 Å². The zero-order valence-electron chi connectivity index (χ0n) is 10.9. The summed E-state index contributed by atoms with van der Waals surface area (Å²) < 4.78 is 23.5. The fourth-order valence-corrected chi connectivity index (χ4v) is 3.80. The Morgan fingerprint density at radius 2 is 2.12 bits per heavy atom. The minimum Gasteiger partial charge on any atom is -0.314 e. The van der Waals surface area contributed by atoms with Gasteiger partial charge in [0.15, 0.2) is 9.84 Å². The second-order valence-corrected chi connectivity index (χ2v) is 8.29. The normalized spacial score (nSPS) is 30.8. The summed E-state index contributed by atoms with van der Waals surface area (Å²) in [5, 5.41) is 3.28. The van der Waals surface area contributed by atoms with Gasteiger partial charge >= 0.3 is 0 Å². The highest BCUT2D eigenvalue weighted by Crippen LogP contribution is 2.24. The molecule has 0 aromatic rings. The van der Waals surface area contributed by atoms with Crippen LogP contribution in [-0.4, -0.2) is 56.5 Å². The number of sulfone groups is 1. The molecule has 2 fully saturated rings. The number of likely N-dealkylation sites (tertiary alicyclic amines) is 1. The maximum atomic E-state index is 11.8. The molecule has 0 aliphatic carbocycles. The molecule has 0 saturated carbocycles. The lowest BCUT2D eigenvalue weighted by molar-refractivity contribution is 0.171. The summed E-state index contributed by atoms with van der Waals surface area (Å²) in [5.41, 5.74) is 0. The molecule has 0 aromatic carbocycles. The lowest BCUT2D eigenvalue weighted by atomic mass is 9.93. The lowest BCUT2D eigenvalue weighted by Gasteiger charge is -2.34. The zero-order chi connectivity index (χ0) is 12.5. The van der Waals surface area contributed by atoms with Crippen LogP contribution < -0.4 is 5.32 Å². The lowest BCUT2D eigenvalue weighted by Crippen LogP contribution is -2.46. The van der Waals surface area contributed by atoms with Gasteiger partial charge in [-0.15, -0.1) is 0 Å². The van der Waals surface area contributed by atoms with Gasteiger partial charge in [-0.3, -0.25) is 0 Å². The quantitative estimate of drug-likeness (QED) is 0.799. The van der Waals surface area contributed by atoms with E-state index in [4.69, 9.17) is 0 Å². The first-order valence-corrected chi connectivity index (χ1v) is 8.38. The van der Waals surface area contributed by atoms with E-state index in [2.05, 4.69) is 10.2 Å². The van der Waals surface area contributed by atoms with Gasteiger partial charge in [0.05, 0.1) is 11.0 Å². The first kappa shape index (κ1) is 13.3. The molecular formula is C12H24N2O2S. The highest BCUT2D eigenvalue weighted by Gasteiger charge is 2.32. The number of nitrogens with one attached hydrogen (secondary N) is 1. The molecule has 4 nitrogen and oxygen atoms in total. The Balaban J connectivity index is 1.81. The van der Waals surface area contributed by atoms with Crippen molar-refractivity contribution in [2.45, 2.75) is 38.0 Å². The van der Waals surface area contributed by atoms with Crippen LogP contribution in [0.3, 0.4) is 0 Å². The summed E-state index contributed by atoms with van der Waals surface area (Å²) in [6, 6.07) is 0.688. The van der Waals surface area contributed by atoms with Gasteiger partial charge in [0.25, 0.3) is 0 Å². The SMILES string of the molecule is CC(C)S(=O)(=O)CCN1CCC2NCCC2C1. The van der Waals surface area contributed by atoms with Crippen LogP contribution in [0.5, 0.6) is 0 Å². The molecule has 1 N–H and O–H groups in total. The first-order valence-electron chi connectivity index (χ1n) is 6.66. The molecule has 2 aliphatic heterocycles. The molecule has 2 unspecified atom stereocenters. The van der Waals surface area contributed by atoms with Crippen molar-refractivity contribution < 1.29 is 8.42 Å². The number of hydrogen-bond donors (Lipinski definition) is 1. The fourth-order valence-electron chi connectivity index (χ4n) is 2.82. The van der Waals surface area contributed by atoms with E-state index in [-0.39, 0.29) is 5.25 Å². The molecule has 2 atom stereocenters. The second-order valence-electron chi connectivity index (χ2n) is 5.61. The van der Waals surface area contributed by atoms with Gasteiger partial charge in [0, 0.05) is 19.1 Å². The fraction of sp³-hybridized carbons (Fsp3) is 1.00. The second kappa shape index (κ2) is 5.24. The molecule has 5 heteroatoms. The number of piperidine rings is 1. The van der Waals surface area contributed by atoms with Crippen LogP contribution in [-0.2, 0) is 9.84 Å². The van der Waals surface area contributed by atoms with Crippen molar-refractivity contribution in [2.75, 3.05) is 31.9 Å². The number of fused-ring (bicyclic) bond motifs is 1. The number of hydrogen-bond acceptors (Lipinski definition) is 4. The van der Waals surface area contributed by atoms with Crippen LogP contribution in [0.1, 0.15) is 26.7 Å². The summed E-state index contributed by atoms with van der Waals surface area (Å²) in [6.45, 7) is 7.50. The summed E-state index contributed by atoms with van der Waals surface area (Å²) >= 11 is 0. The Morgan fingerprint density at radius 3 is 2.82 bits per heavy atom. The number of nitrogens with zero attached hydrogens (tertiary/aromatic N) is 1. The Bertz CT molecular complexity index is 354. The molecule has 0 spiro atoms. The van der Waals surface area contributed by atoms with E-state index in [9.17, 15) is 8.42 Å². The predicted octanol–water partition coefficient (Wildman–Crippen LogP) is 0.493. The molecular weight excluding hydrogens is 236 g/mol. The van der Waals surface area contributed by atoms with Gasteiger partial charge in [-0.25, -0.2) is 8.42 Å². The van der Waals surface area contributed by atoms with Crippen LogP contribution in [0, 0.1) is 5.92 Å². The van der Waals surface area contributed by atoms with Crippen LogP contribution in [0.2, 0.25) is 0 Å². The minimum atomic E-state index is -2.88. The Hall–Kier alpha value is -0.130. The third kappa shape index (κ3) is 3.20. The Kier molecular flexibility index (Phi) is 4.10. The largest absolute Gasteiger partial charge is 0.314 e. The summed E-state index contributed by atoms with van der Waals surface area (Å²) in [5.74, 6) is 1.06. The molecule has 0 amide bonds. The monoisotopic (exact) mass is 260 g/mol. The maximum absolute atomic E-state index is 11.8. The standard InChI is InChI=1S/C12H24N2O2S/c1-10(2)17(15,16)8-7-14-6-4-12-11(9-14)3-5-13-12/h10-13H,3-9H2,1-2H3. The number of rotatable bonds is 4. The molecule has 100 valence electrons. The van der Waals surface area contributed by atoms with Gasteiger partial charge < -0.3 is 10.2 Å². The molecule has 2 aliphatic rings. The predicted molar refractivity (Wildman–Crippen MR) is 69.9 cm³/mol. The van der Waals surface area contributed by atoms with Crippen molar-refractivity contribution in [3.8, 4) is 0 Å². The van der Waals surface area contributed by atoms with Crippen molar-refractivity contribution in [1.29, 1.82) is 0 Å². The van der Waals surface area contributed by atoms with E-state index in [0.29, 0.717) is 18.3 Å². The molecule has 2 rings (SSSR count). The van der Waals surface area contributed by atoms with Gasteiger partial charge in [-0.2, -0.15) is 0 Å². The molecule has 2 heterocycles. The smallest absolute Gasteiger partial charge is 0.153 e. The molecule has 0 bridgehead atoms. The Labute approximate surface area is 105 Å². The van der Waals surface area contributed by atoms with Crippen LogP contribution in [0.4, 0.5) is 0 Å². The van der Waals surface area contributed by atoms with Gasteiger partial charge in [0.2, 0.25) is 0 Å². The van der Waals surface area contributed by atoms with Crippen LogP contribution in [0.25, 0.3) is 0 Å². The topological polar surface area (TPSA) is 49.4 Å². The van der Waals surface area contributed by atoms with E-state index in [0.717, 1.165) is 25.6 Å². The van der Waals surface area contributed by atoms with E-state index in [1.54, 1.807) is 13.8 Å². The minimum absolute atomic E-state index is 0.242. The summed E-state index contributed by atoms with van der Waals surface area (Å²) in [4.78, 5) is 2.33. The molecule has 0 aromatic heterocycles. The van der Waals surface area contributed by atoms with Crippen molar-refractivity contribution >= 4 is 9.84 Å². The zero-order valence-corrected chi connectivity index (χ0v) is 11.7. The van der Waals surface area contributed by atoms with E-state index in [1.807, 2.05) is 0 Å². The van der Waals surface area contributed by atoms with Gasteiger partial charge in [-0.1, -0.05) is 0 Å². The van der Waals surface area contributed by atoms with E-state index in [1.165, 1.54) is 12.8 Å². The summed E-state index contributed by atoms with van der Waals surface area (Å²) in [7, 11) is -2.88. The maximum Gasteiger partial charge on any atom is 0.153 e. The first-order chi connectivity index (χ1) is 7.99. The van der Waals surface area contributed by atoms with E-state index < -0.39 is 9.84 Å². The van der Waals surface area contributed by atoms with E-state index >= 15 is 0 Å². The van der Waals surface area contributed by atoms with Crippen molar-refractivity contribution in [2.24, 2.45) is 5.92 Å². The average Bonchev–Trinajstić information content (AvgIpc) is 2.73. The van der Waals surface area contributed by atoms with Crippen molar-refractivity contribution in [3.63, 3.8) is 0 Å². The van der Waals surface area contributed by atoms with Crippen LogP contribution >= 0.6 is 0 Å². The highest BCUT2D eigenvalue weighted by molar-refractivity contribution is 7.92. The average molecular weight is 260 g/mol. The molecule has 2 saturated heterocycles.